The molecule has 1 amide bonds. The van der Waals surface area contributed by atoms with E-state index in [1.54, 1.807) is 17.5 Å². The molecule has 1 N–H and O–H groups in total. The lowest BCUT2D eigenvalue weighted by atomic mass is 9.95. The molecule has 31 heavy (non-hydrogen) atoms. The first kappa shape index (κ1) is 21.4. The van der Waals surface area contributed by atoms with E-state index in [4.69, 9.17) is 4.52 Å². The van der Waals surface area contributed by atoms with E-state index in [0.29, 0.717) is 24.1 Å². The van der Waals surface area contributed by atoms with Crippen LogP contribution in [-0.4, -0.2) is 44.1 Å². The molecule has 0 radical (unpaired) electrons. The molecule has 1 fully saturated rings. The predicted octanol–water partition coefficient (Wildman–Crippen LogP) is 3.09. The monoisotopic (exact) mass is 441 g/mol. The number of thiazole rings is 1. The van der Waals surface area contributed by atoms with Crippen molar-refractivity contribution >= 4 is 23.1 Å². The Morgan fingerprint density at radius 1 is 1.26 bits per heavy atom. The molecule has 0 aliphatic carbocycles. The van der Waals surface area contributed by atoms with Crippen LogP contribution in [0, 0.1) is 19.8 Å². The Morgan fingerprint density at radius 3 is 2.77 bits per heavy atom. The highest BCUT2D eigenvalue weighted by molar-refractivity contribution is 7.09. The fraction of sp³-hybridized carbons (Fsp3) is 0.524. The molecule has 4 rings (SSSR count). The lowest BCUT2D eigenvalue weighted by Gasteiger charge is -2.32. The van der Waals surface area contributed by atoms with Gasteiger partial charge in [-0.25, -0.2) is 15.0 Å². The first-order valence-corrected chi connectivity index (χ1v) is 11.5. The van der Waals surface area contributed by atoms with Gasteiger partial charge in [-0.05, 0) is 33.1 Å². The first-order chi connectivity index (χ1) is 15.0. The second-order valence-corrected chi connectivity index (χ2v) is 8.82. The van der Waals surface area contributed by atoms with Gasteiger partial charge in [-0.2, -0.15) is 4.98 Å². The minimum atomic E-state index is -0.0121. The SMILES string of the molecule is CCCc1noc(-c2cnc(C)nc2N2CCC(C(=O)NCc3csc(C)n3)CC2)n1. The van der Waals surface area contributed by atoms with Gasteiger partial charge in [0.1, 0.15) is 17.2 Å². The van der Waals surface area contributed by atoms with Gasteiger partial charge < -0.3 is 14.7 Å². The van der Waals surface area contributed by atoms with Crippen molar-refractivity contribution < 1.29 is 9.32 Å². The largest absolute Gasteiger partial charge is 0.356 e. The van der Waals surface area contributed by atoms with Crippen molar-refractivity contribution in [2.24, 2.45) is 5.92 Å². The summed E-state index contributed by atoms with van der Waals surface area (Å²) < 4.78 is 5.47. The summed E-state index contributed by atoms with van der Waals surface area (Å²) in [5.74, 6) is 2.68. The molecular weight excluding hydrogens is 414 g/mol. The van der Waals surface area contributed by atoms with Crippen LogP contribution in [-0.2, 0) is 17.8 Å². The normalized spacial score (nSPS) is 14.7. The van der Waals surface area contributed by atoms with Crippen molar-refractivity contribution in [1.82, 2.24) is 30.4 Å². The maximum absolute atomic E-state index is 12.6. The Kier molecular flexibility index (Phi) is 6.55. The number of piperidine rings is 1. The molecular formula is C21H27N7O2S. The number of amides is 1. The number of nitrogens with zero attached hydrogens (tertiary/aromatic N) is 6. The van der Waals surface area contributed by atoms with Crippen LogP contribution in [0.2, 0.25) is 0 Å². The Balaban J connectivity index is 1.41. The van der Waals surface area contributed by atoms with Gasteiger partial charge in [0.25, 0.3) is 5.89 Å². The van der Waals surface area contributed by atoms with E-state index < -0.39 is 0 Å². The number of nitrogens with one attached hydrogen (secondary N) is 1. The minimum Gasteiger partial charge on any atom is -0.356 e. The fourth-order valence-electron chi connectivity index (χ4n) is 3.70. The Bertz CT molecular complexity index is 1040. The number of hydrogen-bond donors (Lipinski definition) is 1. The number of carbonyl (C=O) groups is 1. The molecule has 0 atom stereocenters. The van der Waals surface area contributed by atoms with Crippen LogP contribution >= 0.6 is 11.3 Å². The van der Waals surface area contributed by atoms with Crippen LogP contribution in [0.4, 0.5) is 5.82 Å². The van der Waals surface area contributed by atoms with Crippen LogP contribution in [0.25, 0.3) is 11.5 Å². The van der Waals surface area contributed by atoms with Crippen molar-refractivity contribution in [3.05, 3.63) is 33.9 Å². The standard InChI is InChI=1S/C21H27N7O2S/c1-4-5-18-26-21(30-27-18)17-11-22-13(2)24-19(17)28-8-6-15(7-9-28)20(29)23-10-16-12-31-14(3)25-16/h11-12,15H,4-10H2,1-3H3,(H,23,29). The van der Waals surface area contributed by atoms with E-state index in [1.165, 1.54) is 0 Å². The molecule has 0 bridgehead atoms. The van der Waals surface area contributed by atoms with E-state index in [0.717, 1.165) is 60.9 Å². The number of aromatic nitrogens is 5. The minimum absolute atomic E-state index is 0.0121. The van der Waals surface area contributed by atoms with Gasteiger partial charge in [0.15, 0.2) is 5.82 Å². The molecule has 9 nitrogen and oxygen atoms in total. The molecule has 3 aromatic rings. The Morgan fingerprint density at radius 2 is 2.06 bits per heavy atom. The molecule has 1 saturated heterocycles. The third-order valence-corrected chi connectivity index (χ3v) is 6.16. The van der Waals surface area contributed by atoms with E-state index in [2.05, 4.69) is 42.2 Å². The van der Waals surface area contributed by atoms with Crippen LogP contribution in [0.1, 0.15) is 48.5 Å². The van der Waals surface area contributed by atoms with Gasteiger partial charge >= 0.3 is 0 Å². The van der Waals surface area contributed by atoms with Crippen molar-refractivity contribution in [3.63, 3.8) is 0 Å². The molecule has 0 aromatic carbocycles. The molecule has 10 heteroatoms. The lowest BCUT2D eigenvalue weighted by Crippen LogP contribution is -2.41. The van der Waals surface area contributed by atoms with E-state index in [1.807, 2.05) is 19.2 Å². The zero-order valence-corrected chi connectivity index (χ0v) is 18.9. The topological polar surface area (TPSA) is 110 Å². The van der Waals surface area contributed by atoms with Crippen molar-refractivity contribution in [2.45, 2.75) is 53.0 Å². The number of rotatable bonds is 7. The first-order valence-electron chi connectivity index (χ1n) is 10.6. The van der Waals surface area contributed by atoms with Gasteiger partial charge in [-0.15, -0.1) is 11.3 Å². The fourth-order valence-corrected chi connectivity index (χ4v) is 4.32. The van der Waals surface area contributed by atoms with E-state index >= 15 is 0 Å². The smallest absolute Gasteiger partial charge is 0.263 e. The van der Waals surface area contributed by atoms with Gasteiger partial charge in [0.2, 0.25) is 5.91 Å². The van der Waals surface area contributed by atoms with E-state index in [9.17, 15) is 4.79 Å². The summed E-state index contributed by atoms with van der Waals surface area (Å²) >= 11 is 1.60. The molecule has 0 unspecified atom stereocenters. The summed E-state index contributed by atoms with van der Waals surface area (Å²) in [7, 11) is 0. The lowest BCUT2D eigenvalue weighted by molar-refractivity contribution is -0.125. The summed E-state index contributed by atoms with van der Waals surface area (Å²) in [5.41, 5.74) is 1.65. The molecule has 0 saturated carbocycles. The Labute approximate surface area is 185 Å². The number of anilines is 1. The molecule has 164 valence electrons. The average Bonchev–Trinajstić information content (AvgIpc) is 3.41. The van der Waals surface area contributed by atoms with Gasteiger partial charge in [0.05, 0.1) is 17.2 Å². The van der Waals surface area contributed by atoms with Gasteiger partial charge in [-0.1, -0.05) is 12.1 Å². The zero-order valence-electron chi connectivity index (χ0n) is 18.1. The second kappa shape index (κ2) is 9.51. The zero-order chi connectivity index (χ0) is 21.8. The number of carbonyl (C=O) groups excluding carboxylic acids is 1. The van der Waals surface area contributed by atoms with Crippen molar-refractivity contribution in [1.29, 1.82) is 0 Å². The Hall–Kier alpha value is -2.88. The number of hydrogen-bond acceptors (Lipinski definition) is 9. The quantitative estimate of drug-likeness (QED) is 0.596. The van der Waals surface area contributed by atoms with Crippen LogP contribution in [0.5, 0.6) is 0 Å². The van der Waals surface area contributed by atoms with Crippen LogP contribution in [0.3, 0.4) is 0 Å². The van der Waals surface area contributed by atoms with Gasteiger partial charge in [0, 0.05) is 37.0 Å². The van der Waals surface area contributed by atoms with Crippen molar-refractivity contribution in [3.8, 4) is 11.5 Å². The molecule has 1 aliphatic rings. The summed E-state index contributed by atoms with van der Waals surface area (Å²) in [6.07, 6.45) is 4.99. The predicted molar refractivity (Wildman–Crippen MR) is 118 cm³/mol. The summed E-state index contributed by atoms with van der Waals surface area (Å²) in [4.78, 5) is 32.7. The molecule has 1 aliphatic heterocycles. The van der Waals surface area contributed by atoms with Crippen LogP contribution < -0.4 is 10.2 Å². The number of aryl methyl sites for hydroxylation is 3. The highest BCUT2D eigenvalue weighted by Gasteiger charge is 2.28. The maximum Gasteiger partial charge on any atom is 0.263 e. The second-order valence-electron chi connectivity index (χ2n) is 7.76. The van der Waals surface area contributed by atoms with E-state index in [-0.39, 0.29) is 11.8 Å². The third kappa shape index (κ3) is 5.07. The van der Waals surface area contributed by atoms with Gasteiger partial charge in [-0.3, -0.25) is 4.79 Å². The highest BCUT2D eigenvalue weighted by Crippen LogP contribution is 2.31. The van der Waals surface area contributed by atoms with Crippen molar-refractivity contribution in [2.75, 3.05) is 18.0 Å². The average molecular weight is 442 g/mol. The highest BCUT2D eigenvalue weighted by atomic mass is 32.1. The summed E-state index contributed by atoms with van der Waals surface area (Å²) in [6.45, 7) is 7.85. The van der Waals surface area contributed by atoms with Crippen LogP contribution in [0.15, 0.2) is 16.1 Å². The molecule has 4 heterocycles. The molecule has 0 spiro atoms. The molecule has 3 aromatic heterocycles. The maximum atomic E-state index is 12.6. The third-order valence-electron chi connectivity index (χ3n) is 5.34. The summed E-state index contributed by atoms with van der Waals surface area (Å²) in [5, 5.41) is 10.1. The summed E-state index contributed by atoms with van der Waals surface area (Å²) in [6, 6.07) is 0.